The van der Waals surface area contributed by atoms with Gasteiger partial charge in [0.05, 0.1) is 0 Å². The fourth-order valence-corrected chi connectivity index (χ4v) is 2.91. The number of aldehydes is 1. The maximum atomic E-state index is 11.0. The Bertz CT molecular complexity index is 967. The van der Waals surface area contributed by atoms with Gasteiger partial charge in [0.1, 0.15) is 6.29 Å². The summed E-state index contributed by atoms with van der Waals surface area (Å²) in [6, 6.07) is 22.8. The molecule has 0 radical (unpaired) electrons. The number of hydrogen-bond acceptors (Lipinski definition) is 1. The summed E-state index contributed by atoms with van der Waals surface area (Å²) in [5, 5.41) is 7.23. The molecule has 0 bridgehead atoms. The van der Waals surface area contributed by atoms with Crippen molar-refractivity contribution >= 4 is 38.6 Å². The normalized spacial score (nSPS) is 11.2. The summed E-state index contributed by atoms with van der Waals surface area (Å²) in [4.78, 5) is 11.0. The second-order valence-corrected chi connectivity index (χ2v) is 5.05. The van der Waals surface area contributed by atoms with E-state index in [0.29, 0.717) is 0 Å². The van der Waals surface area contributed by atoms with E-state index in [9.17, 15) is 4.79 Å². The lowest BCUT2D eigenvalue weighted by atomic mass is 9.96. The van der Waals surface area contributed by atoms with Gasteiger partial charge in [-0.25, -0.2) is 0 Å². The van der Waals surface area contributed by atoms with Crippen molar-refractivity contribution < 1.29 is 4.79 Å². The molecule has 1 nitrogen and oxygen atoms in total. The maximum absolute atomic E-state index is 11.0. The largest absolute Gasteiger partial charge is 0.298 e. The zero-order valence-corrected chi connectivity index (χ0v) is 10.8. The first-order chi connectivity index (χ1) is 9.86. The van der Waals surface area contributed by atoms with Gasteiger partial charge < -0.3 is 0 Å². The molecule has 0 heterocycles. The first-order valence-electron chi connectivity index (χ1n) is 6.66. The molecule has 0 unspecified atom stereocenters. The molecule has 4 aromatic carbocycles. The molecule has 0 N–H and O–H groups in total. The average Bonchev–Trinajstić information content (AvgIpc) is 2.53. The van der Waals surface area contributed by atoms with Gasteiger partial charge in [0.15, 0.2) is 0 Å². The van der Waals surface area contributed by atoms with E-state index in [2.05, 4.69) is 48.5 Å². The molecule has 94 valence electrons. The van der Waals surface area contributed by atoms with E-state index >= 15 is 0 Å². The minimum Gasteiger partial charge on any atom is -0.298 e. The molecule has 0 saturated carbocycles. The zero-order chi connectivity index (χ0) is 13.5. The van der Waals surface area contributed by atoms with E-state index in [1.165, 1.54) is 26.9 Å². The minimum atomic E-state index is 0.721. The molecular weight excluding hydrogens is 244 g/mol. The second kappa shape index (κ2) is 4.17. The fraction of sp³-hybridized carbons (Fsp3) is 0. The molecule has 0 saturated heterocycles. The Morgan fingerprint density at radius 2 is 1.25 bits per heavy atom. The summed E-state index contributed by atoms with van der Waals surface area (Å²) in [7, 11) is 0. The zero-order valence-electron chi connectivity index (χ0n) is 10.8. The number of rotatable bonds is 1. The number of carbonyl (C=O) groups is 1. The molecular formula is C19H12O. The van der Waals surface area contributed by atoms with Crippen LogP contribution in [0.5, 0.6) is 0 Å². The Kier molecular flexibility index (Phi) is 2.33. The van der Waals surface area contributed by atoms with E-state index < -0.39 is 0 Å². The summed E-state index contributed by atoms with van der Waals surface area (Å²) in [6.45, 7) is 0. The Hall–Kier alpha value is -2.67. The van der Waals surface area contributed by atoms with Crippen molar-refractivity contribution in [3.8, 4) is 0 Å². The summed E-state index contributed by atoms with van der Waals surface area (Å²) in [5.41, 5.74) is 0.721. The van der Waals surface area contributed by atoms with E-state index in [1.54, 1.807) is 0 Å². The van der Waals surface area contributed by atoms with Crippen molar-refractivity contribution in [1.29, 1.82) is 0 Å². The van der Waals surface area contributed by atoms with Crippen LogP contribution in [0.25, 0.3) is 32.3 Å². The SMILES string of the molecule is O=Cc1ccc2ccc3c4ccccc4ccc3c2c1. The molecule has 0 aliphatic rings. The molecule has 1 heteroatoms. The van der Waals surface area contributed by atoms with Gasteiger partial charge in [-0.15, -0.1) is 0 Å². The average molecular weight is 256 g/mol. The highest BCUT2D eigenvalue weighted by molar-refractivity contribution is 6.17. The van der Waals surface area contributed by atoms with E-state index in [-0.39, 0.29) is 0 Å². The summed E-state index contributed by atoms with van der Waals surface area (Å²) < 4.78 is 0. The highest BCUT2D eigenvalue weighted by atomic mass is 16.1. The second-order valence-electron chi connectivity index (χ2n) is 5.05. The van der Waals surface area contributed by atoms with Gasteiger partial charge in [0.25, 0.3) is 0 Å². The Labute approximate surface area is 116 Å². The third kappa shape index (κ3) is 1.53. The van der Waals surface area contributed by atoms with Crippen molar-refractivity contribution in [2.45, 2.75) is 0 Å². The third-order valence-corrected chi connectivity index (χ3v) is 3.90. The molecule has 0 aliphatic heterocycles. The van der Waals surface area contributed by atoms with Crippen molar-refractivity contribution in [2.24, 2.45) is 0 Å². The Balaban J connectivity index is 2.24. The van der Waals surface area contributed by atoms with Crippen molar-refractivity contribution in [2.75, 3.05) is 0 Å². The van der Waals surface area contributed by atoms with Gasteiger partial charge in [-0.2, -0.15) is 0 Å². The quantitative estimate of drug-likeness (QED) is 0.347. The van der Waals surface area contributed by atoms with Crippen molar-refractivity contribution in [3.05, 3.63) is 72.3 Å². The van der Waals surface area contributed by atoms with Crippen LogP contribution in [-0.4, -0.2) is 6.29 Å². The van der Waals surface area contributed by atoms with Crippen LogP contribution in [0, 0.1) is 0 Å². The summed E-state index contributed by atoms with van der Waals surface area (Å²) in [6.07, 6.45) is 0.902. The van der Waals surface area contributed by atoms with Crippen LogP contribution in [0.1, 0.15) is 10.4 Å². The van der Waals surface area contributed by atoms with Gasteiger partial charge >= 0.3 is 0 Å². The number of hydrogen-bond donors (Lipinski definition) is 0. The lowest BCUT2D eigenvalue weighted by Crippen LogP contribution is -1.83. The molecule has 0 aromatic heterocycles. The standard InChI is InChI=1S/C19H12O/c20-12-13-5-6-15-8-9-17-16-4-2-1-3-14(16)7-10-18(17)19(15)11-13/h1-12H. The predicted octanol–water partition coefficient (Wildman–Crippen LogP) is 4.96. The first-order valence-corrected chi connectivity index (χ1v) is 6.66. The van der Waals surface area contributed by atoms with Crippen molar-refractivity contribution in [3.63, 3.8) is 0 Å². The maximum Gasteiger partial charge on any atom is 0.150 e. The smallest absolute Gasteiger partial charge is 0.150 e. The highest BCUT2D eigenvalue weighted by Gasteiger charge is 2.04. The number of benzene rings is 4. The molecule has 4 aromatic rings. The Morgan fingerprint density at radius 3 is 2.05 bits per heavy atom. The lowest BCUT2D eigenvalue weighted by molar-refractivity contribution is 0.112. The monoisotopic (exact) mass is 256 g/mol. The van der Waals surface area contributed by atoms with Crippen LogP contribution in [-0.2, 0) is 0 Å². The van der Waals surface area contributed by atoms with Crippen LogP contribution in [0.3, 0.4) is 0 Å². The lowest BCUT2D eigenvalue weighted by Gasteiger charge is -2.08. The summed E-state index contributed by atoms with van der Waals surface area (Å²) in [5.74, 6) is 0. The van der Waals surface area contributed by atoms with Gasteiger partial charge in [-0.3, -0.25) is 4.79 Å². The molecule has 0 aliphatic carbocycles. The molecule has 0 spiro atoms. The topological polar surface area (TPSA) is 17.1 Å². The predicted molar refractivity (Wildman–Crippen MR) is 84.3 cm³/mol. The van der Waals surface area contributed by atoms with Crippen molar-refractivity contribution in [1.82, 2.24) is 0 Å². The number of fused-ring (bicyclic) bond motifs is 5. The van der Waals surface area contributed by atoms with E-state index in [1.807, 2.05) is 18.2 Å². The first kappa shape index (κ1) is 11.2. The van der Waals surface area contributed by atoms with Crippen LogP contribution in [0.2, 0.25) is 0 Å². The van der Waals surface area contributed by atoms with Crippen LogP contribution in [0.15, 0.2) is 66.7 Å². The Morgan fingerprint density at radius 1 is 0.600 bits per heavy atom. The van der Waals surface area contributed by atoms with Gasteiger partial charge in [-0.05, 0) is 38.4 Å². The minimum absolute atomic E-state index is 0.721. The van der Waals surface area contributed by atoms with Gasteiger partial charge in [0.2, 0.25) is 0 Å². The molecule has 0 atom stereocenters. The highest BCUT2D eigenvalue weighted by Crippen LogP contribution is 2.31. The van der Waals surface area contributed by atoms with E-state index in [4.69, 9.17) is 0 Å². The summed E-state index contributed by atoms with van der Waals surface area (Å²) >= 11 is 0. The molecule has 0 fully saturated rings. The van der Waals surface area contributed by atoms with Crippen LogP contribution >= 0.6 is 0 Å². The molecule has 0 amide bonds. The fourth-order valence-electron chi connectivity index (χ4n) is 2.91. The van der Waals surface area contributed by atoms with Crippen LogP contribution in [0.4, 0.5) is 0 Å². The van der Waals surface area contributed by atoms with Gasteiger partial charge in [-0.1, -0.05) is 60.7 Å². The van der Waals surface area contributed by atoms with Crippen LogP contribution < -0.4 is 0 Å². The molecule has 4 rings (SSSR count). The van der Waals surface area contributed by atoms with Gasteiger partial charge in [0, 0.05) is 5.56 Å². The number of carbonyl (C=O) groups excluding carboxylic acids is 1. The molecule has 20 heavy (non-hydrogen) atoms. The third-order valence-electron chi connectivity index (χ3n) is 3.90. The van der Waals surface area contributed by atoms with E-state index in [0.717, 1.165) is 17.2 Å².